The summed E-state index contributed by atoms with van der Waals surface area (Å²) in [5.41, 5.74) is 9.04. The van der Waals surface area contributed by atoms with Crippen LogP contribution >= 0.6 is 11.6 Å². The van der Waals surface area contributed by atoms with Crippen molar-refractivity contribution < 1.29 is 4.74 Å². The first-order valence-electron chi connectivity index (χ1n) is 9.02. The largest absolute Gasteiger partial charge is 0.497 e. The van der Waals surface area contributed by atoms with E-state index in [0.717, 1.165) is 49.9 Å². The molecular formula is C21H24ClN3O. The van der Waals surface area contributed by atoms with E-state index in [4.69, 9.17) is 16.3 Å². The molecule has 0 bridgehead atoms. The van der Waals surface area contributed by atoms with Crippen LogP contribution in [0.3, 0.4) is 0 Å². The normalized spacial score (nSPS) is 17.9. The van der Waals surface area contributed by atoms with Crippen LogP contribution in [0.4, 0.5) is 0 Å². The third-order valence-electron chi connectivity index (χ3n) is 5.02. The lowest BCUT2D eigenvalue weighted by Gasteiger charge is -2.28. The average molecular weight is 370 g/mol. The summed E-state index contributed by atoms with van der Waals surface area (Å²) in [5.74, 6) is 0.909. The third kappa shape index (κ3) is 4.04. The number of halogens is 1. The molecule has 5 heteroatoms. The minimum atomic E-state index is 0.808. The Morgan fingerprint density at radius 2 is 1.85 bits per heavy atom. The van der Waals surface area contributed by atoms with Gasteiger partial charge in [0.25, 0.3) is 0 Å². The minimum absolute atomic E-state index is 0.808. The summed E-state index contributed by atoms with van der Waals surface area (Å²) >= 11 is 6.11. The number of methoxy groups -OCH3 is 1. The monoisotopic (exact) mass is 369 g/mol. The van der Waals surface area contributed by atoms with Crippen LogP contribution in [0.15, 0.2) is 59.8 Å². The highest BCUT2D eigenvalue weighted by atomic mass is 35.5. The Morgan fingerprint density at radius 3 is 2.65 bits per heavy atom. The minimum Gasteiger partial charge on any atom is -0.497 e. The zero-order valence-corrected chi connectivity index (χ0v) is 15.8. The topological polar surface area (TPSA) is 27.7 Å². The van der Waals surface area contributed by atoms with Gasteiger partial charge in [0.1, 0.15) is 5.75 Å². The standard InChI is InChI=1S/C21H24ClN3O/c1-26-20-7-3-5-17(11-20)13-25-14-18-8-9-24(15-21(18)23-25)12-16-4-2-6-19(22)10-16/h2-7,10-11,23H,8-9,12-15H2,1H3. The fourth-order valence-electron chi connectivity index (χ4n) is 3.72. The second kappa shape index (κ2) is 7.70. The number of hydrogen-bond acceptors (Lipinski definition) is 4. The van der Waals surface area contributed by atoms with Crippen molar-refractivity contribution in [1.82, 2.24) is 15.3 Å². The van der Waals surface area contributed by atoms with Crippen molar-refractivity contribution in [3.63, 3.8) is 0 Å². The average Bonchev–Trinajstić information content (AvgIpc) is 3.03. The molecule has 4 nitrogen and oxygen atoms in total. The lowest BCUT2D eigenvalue weighted by atomic mass is 10.1. The van der Waals surface area contributed by atoms with Crippen LogP contribution in [0.25, 0.3) is 0 Å². The Morgan fingerprint density at radius 1 is 1.04 bits per heavy atom. The van der Waals surface area contributed by atoms with Crippen molar-refractivity contribution >= 4 is 11.6 Å². The van der Waals surface area contributed by atoms with Crippen molar-refractivity contribution in [2.24, 2.45) is 0 Å². The molecule has 26 heavy (non-hydrogen) atoms. The van der Waals surface area contributed by atoms with E-state index in [2.05, 4.69) is 39.6 Å². The maximum absolute atomic E-state index is 6.11. The van der Waals surface area contributed by atoms with Crippen molar-refractivity contribution in [3.05, 3.63) is 76.0 Å². The smallest absolute Gasteiger partial charge is 0.119 e. The molecule has 4 rings (SSSR count). The van der Waals surface area contributed by atoms with Crippen LogP contribution in [-0.4, -0.2) is 36.7 Å². The van der Waals surface area contributed by atoms with E-state index < -0.39 is 0 Å². The first-order valence-corrected chi connectivity index (χ1v) is 9.39. The van der Waals surface area contributed by atoms with Crippen molar-refractivity contribution in [1.29, 1.82) is 0 Å². The van der Waals surface area contributed by atoms with Crippen LogP contribution in [0.2, 0.25) is 5.02 Å². The highest BCUT2D eigenvalue weighted by Crippen LogP contribution is 2.25. The van der Waals surface area contributed by atoms with Gasteiger partial charge >= 0.3 is 0 Å². The Hall–Kier alpha value is -2.01. The highest BCUT2D eigenvalue weighted by molar-refractivity contribution is 6.30. The fourth-order valence-corrected chi connectivity index (χ4v) is 3.94. The Kier molecular flexibility index (Phi) is 5.16. The maximum atomic E-state index is 6.11. The zero-order valence-electron chi connectivity index (χ0n) is 15.0. The second-order valence-corrected chi connectivity index (χ2v) is 7.43. The van der Waals surface area contributed by atoms with Crippen molar-refractivity contribution in [3.8, 4) is 5.75 Å². The van der Waals surface area contributed by atoms with E-state index in [1.807, 2.05) is 24.3 Å². The number of rotatable bonds is 5. The van der Waals surface area contributed by atoms with E-state index in [-0.39, 0.29) is 0 Å². The number of hydrogen-bond donors (Lipinski definition) is 1. The lowest BCUT2D eigenvalue weighted by Crippen LogP contribution is -2.36. The fraction of sp³-hybridized carbons (Fsp3) is 0.333. The van der Waals surface area contributed by atoms with Crippen LogP contribution in [0.1, 0.15) is 17.5 Å². The summed E-state index contributed by atoms with van der Waals surface area (Å²) < 4.78 is 5.33. The van der Waals surface area contributed by atoms with E-state index in [9.17, 15) is 0 Å². The molecular weight excluding hydrogens is 346 g/mol. The molecule has 0 saturated carbocycles. The van der Waals surface area contributed by atoms with Gasteiger partial charge in [-0.1, -0.05) is 35.9 Å². The molecule has 2 aromatic carbocycles. The number of ether oxygens (including phenoxy) is 1. The Bertz CT molecular complexity index is 820. The van der Waals surface area contributed by atoms with Gasteiger partial charge in [-0.05, 0) is 47.4 Å². The van der Waals surface area contributed by atoms with Gasteiger partial charge in [0, 0.05) is 43.4 Å². The first kappa shape index (κ1) is 17.4. The van der Waals surface area contributed by atoms with Crippen LogP contribution in [-0.2, 0) is 13.1 Å². The summed E-state index contributed by atoms with van der Waals surface area (Å²) in [4.78, 5) is 2.48. The Labute approximate surface area is 160 Å². The predicted molar refractivity (Wildman–Crippen MR) is 105 cm³/mol. The molecule has 0 aromatic heterocycles. The van der Waals surface area contributed by atoms with Crippen LogP contribution in [0.5, 0.6) is 5.75 Å². The van der Waals surface area contributed by atoms with Gasteiger partial charge < -0.3 is 10.2 Å². The summed E-state index contributed by atoms with van der Waals surface area (Å²) in [6, 6.07) is 16.4. The van der Waals surface area contributed by atoms with Gasteiger partial charge in [-0.25, -0.2) is 5.01 Å². The van der Waals surface area contributed by atoms with Gasteiger partial charge in [0.2, 0.25) is 0 Å². The first-order chi connectivity index (χ1) is 12.7. The van der Waals surface area contributed by atoms with Gasteiger partial charge in [-0.15, -0.1) is 0 Å². The van der Waals surface area contributed by atoms with Gasteiger partial charge in [-0.3, -0.25) is 4.90 Å². The summed E-state index contributed by atoms with van der Waals surface area (Å²) in [5, 5.41) is 3.10. The summed E-state index contributed by atoms with van der Waals surface area (Å²) in [7, 11) is 1.71. The molecule has 2 heterocycles. The van der Waals surface area contributed by atoms with Crippen molar-refractivity contribution in [2.75, 3.05) is 26.7 Å². The highest BCUT2D eigenvalue weighted by Gasteiger charge is 2.27. The second-order valence-electron chi connectivity index (χ2n) is 6.99. The molecule has 2 aliphatic rings. The molecule has 2 aromatic rings. The third-order valence-corrected chi connectivity index (χ3v) is 5.25. The van der Waals surface area contributed by atoms with Gasteiger partial charge in [0.15, 0.2) is 0 Å². The molecule has 0 radical (unpaired) electrons. The molecule has 0 fully saturated rings. The van der Waals surface area contributed by atoms with Gasteiger partial charge in [-0.2, -0.15) is 0 Å². The lowest BCUT2D eigenvalue weighted by molar-refractivity contribution is 0.233. The molecule has 2 aliphatic heterocycles. The zero-order chi connectivity index (χ0) is 17.9. The Balaban J connectivity index is 1.35. The molecule has 0 aliphatic carbocycles. The van der Waals surface area contributed by atoms with E-state index in [0.29, 0.717) is 0 Å². The number of benzene rings is 2. The number of hydrazine groups is 1. The molecule has 0 unspecified atom stereocenters. The molecule has 1 N–H and O–H groups in total. The van der Waals surface area contributed by atoms with Crippen LogP contribution < -0.4 is 10.2 Å². The van der Waals surface area contributed by atoms with Crippen molar-refractivity contribution in [2.45, 2.75) is 19.5 Å². The number of nitrogens with zero attached hydrogens (tertiary/aromatic N) is 2. The molecule has 0 saturated heterocycles. The molecule has 0 atom stereocenters. The quantitative estimate of drug-likeness (QED) is 0.866. The summed E-state index contributed by atoms with van der Waals surface area (Å²) in [6.07, 6.45) is 1.12. The molecule has 0 amide bonds. The molecule has 136 valence electrons. The SMILES string of the molecule is COc1cccc(CN2CC3=C(CN(Cc4cccc(Cl)c4)CC3)N2)c1. The van der Waals surface area contributed by atoms with E-state index in [1.165, 1.54) is 22.4 Å². The summed E-state index contributed by atoms with van der Waals surface area (Å²) in [6.45, 7) is 4.88. The maximum Gasteiger partial charge on any atom is 0.119 e. The number of nitrogens with one attached hydrogen (secondary N) is 1. The van der Waals surface area contributed by atoms with E-state index >= 15 is 0 Å². The van der Waals surface area contributed by atoms with E-state index in [1.54, 1.807) is 7.11 Å². The molecule has 0 spiro atoms. The predicted octanol–water partition coefficient (Wildman–Crippen LogP) is 3.83. The van der Waals surface area contributed by atoms with Gasteiger partial charge in [0.05, 0.1) is 7.11 Å². The van der Waals surface area contributed by atoms with Crippen LogP contribution in [0, 0.1) is 0 Å².